The second kappa shape index (κ2) is 9.65. The van der Waals surface area contributed by atoms with Gasteiger partial charge in [0.25, 0.3) is 5.91 Å². The van der Waals surface area contributed by atoms with E-state index in [1.54, 1.807) is 19.2 Å². The molecule has 4 aromatic rings. The Balaban J connectivity index is 1.98. The number of anilines is 2. The Bertz CT molecular complexity index is 1310. The number of hydrogen-bond acceptors (Lipinski definition) is 5. The molecule has 0 saturated carbocycles. The molecule has 4 rings (SSSR count). The second-order valence-electron chi connectivity index (χ2n) is 7.69. The number of nitrogens with zero attached hydrogens (tertiary/aromatic N) is 2. The van der Waals surface area contributed by atoms with E-state index in [2.05, 4.69) is 20.8 Å². The van der Waals surface area contributed by atoms with Crippen LogP contribution in [0.25, 0.3) is 22.0 Å². The first-order valence-electron chi connectivity index (χ1n) is 10.8. The van der Waals surface area contributed by atoms with Crippen molar-refractivity contribution < 1.29 is 13.9 Å². The maximum atomic E-state index is 15.2. The van der Waals surface area contributed by atoms with Crippen LogP contribution in [0.5, 0.6) is 5.75 Å². The minimum absolute atomic E-state index is 0.147. The van der Waals surface area contributed by atoms with Gasteiger partial charge in [0.15, 0.2) is 5.69 Å². The zero-order chi connectivity index (χ0) is 23.4. The molecule has 33 heavy (non-hydrogen) atoms. The molecule has 6 nitrogen and oxygen atoms in total. The van der Waals surface area contributed by atoms with E-state index in [-0.39, 0.29) is 17.2 Å². The van der Waals surface area contributed by atoms with Crippen molar-refractivity contribution in [1.82, 2.24) is 15.5 Å². The topological polar surface area (TPSA) is 76.1 Å². The van der Waals surface area contributed by atoms with Crippen LogP contribution in [0.15, 0.2) is 60.7 Å². The predicted molar refractivity (Wildman–Crippen MR) is 129 cm³/mol. The summed E-state index contributed by atoms with van der Waals surface area (Å²) in [7, 11) is 1.54. The number of ether oxygens (including phenoxy) is 1. The van der Waals surface area contributed by atoms with E-state index < -0.39 is 5.82 Å². The summed E-state index contributed by atoms with van der Waals surface area (Å²) in [4.78, 5) is 12.9. The number of carbonyl (C=O) groups excluding carboxylic acids is 1. The number of nitrogens with one attached hydrogen (secondary N) is 2. The van der Waals surface area contributed by atoms with Crippen molar-refractivity contribution in [2.45, 2.75) is 20.3 Å². The van der Waals surface area contributed by atoms with Gasteiger partial charge in [-0.15, -0.1) is 10.2 Å². The van der Waals surface area contributed by atoms with Gasteiger partial charge < -0.3 is 15.4 Å². The molecule has 0 spiro atoms. The molecule has 168 valence electrons. The van der Waals surface area contributed by atoms with Crippen LogP contribution in [-0.4, -0.2) is 29.8 Å². The largest absolute Gasteiger partial charge is 0.496 e. The second-order valence-corrected chi connectivity index (χ2v) is 7.69. The predicted octanol–water partition coefficient (Wildman–Crippen LogP) is 5.64. The Hall–Kier alpha value is -4.00. The molecule has 2 N–H and O–H groups in total. The van der Waals surface area contributed by atoms with Gasteiger partial charge in [-0.3, -0.25) is 4.79 Å². The van der Waals surface area contributed by atoms with Gasteiger partial charge in [-0.05, 0) is 49.7 Å². The highest BCUT2D eigenvalue weighted by Crippen LogP contribution is 2.39. The first kappa shape index (κ1) is 22.2. The number of aryl methyl sites for hydroxylation is 1. The number of aromatic nitrogens is 2. The Labute approximate surface area is 191 Å². The third-order valence-electron chi connectivity index (χ3n) is 5.30. The Morgan fingerprint density at radius 3 is 2.58 bits per heavy atom. The van der Waals surface area contributed by atoms with Gasteiger partial charge in [0.05, 0.1) is 12.8 Å². The molecule has 0 aliphatic heterocycles. The summed E-state index contributed by atoms with van der Waals surface area (Å²) < 4.78 is 20.7. The van der Waals surface area contributed by atoms with Crippen LogP contribution in [0.1, 0.15) is 29.4 Å². The van der Waals surface area contributed by atoms with E-state index in [1.165, 1.54) is 6.07 Å². The molecule has 0 atom stereocenters. The van der Waals surface area contributed by atoms with E-state index in [0.29, 0.717) is 34.4 Å². The van der Waals surface area contributed by atoms with E-state index in [9.17, 15) is 4.79 Å². The number of fused-ring (bicyclic) bond motifs is 1. The zero-order valence-electron chi connectivity index (χ0n) is 18.8. The molecule has 0 saturated heterocycles. The number of carbonyl (C=O) groups is 1. The molecule has 1 heterocycles. The first-order valence-corrected chi connectivity index (χ1v) is 10.8. The molecule has 1 amide bonds. The maximum absolute atomic E-state index is 15.2. The molecule has 3 aromatic carbocycles. The minimum atomic E-state index is -0.449. The van der Waals surface area contributed by atoms with Crippen LogP contribution >= 0.6 is 0 Å². The summed E-state index contributed by atoms with van der Waals surface area (Å²) in [6, 6.07) is 18.0. The number of halogens is 1. The lowest BCUT2D eigenvalue weighted by molar-refractivity contribution is 0.0949. The van der Waals surface area contributed by atoms with Crippen LogP contribution in [-0.2, 0) is 0 Å². The van der Waals surface area contributed by atoms with Crippen molar-refractivity contribution in [2.24, 2.45) is 0 Å². The number of para-hydroxylation sites is 1. The number of benzene rings is 3. The maximum Gasteiger partial charge on any atom is 0.274 e. The summed E-state index contributed by atoms with van der Waals surface area (Å²) in [5.74, 6) is -0.269. The van der Waals surface area contributed by atoms with E-state index in [1.807, 2.05) is 56.3 Å². The van der Waals surface area contributed by atoms with Gasteiger partial charge in [0.2, 0.25) is 0 Å². The van der Waals surface area contributed by atoms with Crippen molar-refractivity contribution in [3.63, 3.8) is 0 Å². The standard InChI is InChI=1S/C26H25FN4O2/c1-4-14-28-26(32)25-24(29-17-8-6-5-7-9-17)18-11-12-20(27)22(23(18)30-31-25)19-15-16(2)10-13-21(19)33-3/h5-13,15H,4,14H2,1-3H3,(H,28,32)(H,29,30). The van der Waals surface area contributed by atoms with Crippen LogP contribution in [0, 0.1) is 12.7 Å². The summed E-state index contributed by atoms with van der Waals surface area (Å²) in [5.41, 5.74) is 3.52. The van der Waals surface area contributed by atoms with Crippen molar-refractivity contribution in [3.8, 4) is 16.9 Å². The molecule has 1 aromatic heterocycles. The van der Waals surface area contributed by atoms with Gasteiger partial charge in [-0.1, -0.05) is 36.8 Å². The van der Waals surface area contributed by atoms with Crippen molar-refractivity contribution in [2.75, 3.05) is 19.0 Å². The first-order chi connectivity index (χ1) is 16.0. The van der Waals surface area contributed by atoms with Gasteiger partial charge in [0.1, 0.15) is 17.1 Å². The summed E-state index contributed by atoms with van der Waals surface area (Å²) in [5, 5.41) is 15.3. The lowest BCUT2D eigenvalue weighted by Crippen LogP contribution is -2.26. The number of rotatable bonds is 7. The van der Waals surface area contributed by atoms with E-state index in [0.717, 1.165) is 17.7 Å². The molecule has 0 unspecified atom stereocenters. The molecule has 0 aliphatic rings. The minimum Gasteiger partial charge on any atom is -0.496 e. The smallest absolute Gasteiger partial charge is 0.274 e. The monoisotopic (exact) mass is 444 g/mol. The number of methoxy groups -OCH3 is 1. The molecule has 0 radical (unpaired) electrons. The molecular formula is C26H25FN4O2. The molecular weight excluding hydrogens is 419 g/mol. The van der Waals surface area contributed by atoms with Crippen molar-refractivity contribution in [3.05, 3.63) is 77.7 Å². The summed E-state index contributed by atoms with van der Waals surface area (Å²) >= 11 is 0. The summed E-state index contributed by atoms with van der Waals surface area (Å²) in [6.07, 6.45) is 0.788. The van der Waals surface area contributed by atoms with Crippen LogP contribution in [0.4, 0.5) is 15.8 Å². The van der Waals surface area contributed by atoms with Crippen LogP contribution in [0.3, 0.4) is 0 Å². The van der Waals surface area contributed by atoms with Gasteiger partial charge in [-0.2, -0.15) is 0 Å². The fourth-order valence-corrected chi connectivity index (χ4v) is 3.70. The normalized spacial score (nSPS) is 10.8. The Kier molecular flexibility index (Phi) is 6.49. The highest BCUT2D eigenvalue weighted by atomic mass is 19.1. The van der Waals surface area contributed by atoms with Crippen molar-refractivity contribution in [1.29, 1.82) is 0 Å². The van der Waals surface area contributed by atoms with Gasteiger partial charge in [0, 0.05) is 28.7 Å². The Morgan fingerprint density at radius 2 is 1.85 bits per heavy atom. The molecule has 0 bridgehead atoms. The third kappa shape index (κ3) is 4.48. The summed E-state index contributed by atoms with van der Waals surface area (Å²) in [6.45, 7) is 4.41. The average Bonchev–Trinajstić information content (AvgIpc) is 2.83. The Morgan fingerprint density at radius 1 is 1.06 bits per heavy atom. The quantitative estimate of drug-likeness (QED) is 0.386. The fourth-order valence-electron chi connectivity index (χ4n) is 3.70. The highest BCUT2D eigenvalue weighted by molar-refractivity contribution is 6.09. The molecule has 7 heteroatoms. The van der Waals surface area contributed by atoms with Crippen LogP contribution in [0.2, 0.25) is 0 Å². The third-order valence-corrected chi connectivity index (χ3v) is 5.30. The van der Waals surface area contributed by atoms with Gasteiger partial charge in [-0.25, -0.2) is 4.39 Å². The number of hydrogen-bond donors (Lipinski definition) is 2. The van der Waals surface area contributed by atoms with Crippen LogP contribution < -0.4 is 15.4 Å². The van der Waals surface area contributed by atoms with Gasteiger partial charge >= 0.3 is 0 Å². The van der Waals surface area contributed by atoms with Crippen molar-refractivity contribution >= 4 is 28.2 Å². The lowest BCUT2D eigenvalue weighted by Gasteiger charge is -2.17. The fraction of sp³-hybridized carbons (Fsp3) is 0.192. The van der Waals surface area contributed by atoms with E-state index >= 15 is 4.39 Å². The molecule has 0 aliphatic carbocycles. The highest BCUT2D eigenvalue weighted by Gasteiger charge is 2.23. The number of amides is 1. The average molecular weight is 445 g/mol. The van der Waals surface area contributed by atoms with E-state index in [4.69, 9.17) is 4.74 Å². The lowest BCUT2D eigenvalue weighted by atomic mass is 9.98. The molecule has 0 fully saturated rings. The SMILES string of the molecule is CCCNC(=O)c1nnc2c(-c3cc(C)ccc3OC)c(F)ccc2c1Nc1ccccc1. The zero-order valence-corrected chi connectivity index (χ0v) is 18.8.